The summed E-state index contributed by atoms with van der Waals surface area (Å²) in [5.74, 6) is -3.22. The van der Waals surface area contributed by atoms with Gasteiger partial charge in [-0.25, -0.2) is 58.9 Å². The maximum absolute atomic E-state index is 14.6. The zero-order chi connectivity index (χ0) is 106. The van der Waals surface area contributed by atoms with Crippen molar-refractivity contribution >= 4 is 145 Å². The molecule has 16 rings (SSSR count). The predicted molar refractivity (Wildman–Crippen MR) is 555 cm³/mol. The van der Waals surface area contributed by atoms with E-state index in [1.807, 2.05) is 98.4 Å². The second-order valence-electron chi connectivity index (χ2n) is 41.6. The molecule has 782 valence electrons. The van der Waals surface area contributed by atoms with Crippen LogP contribution in [0.25, 0.3) is 22.3 Å². The van der Waals surface area contributed by atoms with E-state index in [0.717, 1.165) is 163 Å². The summed E-state index contributed by atoms with van der Waals surface area (Å²) in [7, 11) is -28.7. The molecule has 2 atom stereocenters. The molecule has 4 aliphatic heterocycles. The summed E-state index contributed by atoms with van der Waals surface area (Å²) >= 11 is 0. The molecule has 6 aromatic carbocycles. The molecule has 0 bridgehead atoms. The fourth-order valence-corrected chi connectivity index (χ4v) is 26.8. The van der Waals surface area contributed by atoms with Crippen molar-refractivity contribution in [1.82, 2.24) is 15.5 Å². The number of aryl methyl sites for hydroxylation is 2. The largest absolute Gasteiger partial charge is 0.748 e. The van der Waals surface area contributed by atoms with Crippen molar-refractivity contribution in [2.75, 3.05) is 91.9 Å². The van der Waals surface area contributed by atoms with E-state index < -0.39 is 127 Å². The van der Waals surface area contributed by atoms with E-state index in [2.05, 4.69) is 116 Å². The second-order valence-corrected chi connectivity index (χ2v) is 51.9. The SMILES string of the molecule is CNC(=O)CCN(CCCS(=O)(=O)[O-])C(=O)c1ccc2c(c1)C1=C(C=CC3=[N+](CCCCS(=O)(=O)[O-])c4ccc(S(=O)(=O)[O-])cc4C3(C)C)CCC3CCC(=CC=C4N(CCCCS(=O)(=O)[O-])c5ccc(C)cc5C4(C)C)C2=C13.CNC(=O)c1ccc2c(c1)C1=C(C=CC3=[N+](CCCCS(=O)(=O)[O-])c4ccc(S(=O)(=O)[O-])cc4C3(C)C)CCC3CCC(=CC=C4N(CCCCS(=O)(=O)[O-])c5ccc(C)cc5C4(C)C)C2=C13. The molecule has 0 aromatic heterocycles. The van der Waals surface area contributed by atoms with Gasteiger partial charge in [0.15, 0.2) is 11.4 Å². The molecule has 6 aliphatic carbocycles. The van der Waals surface area contributed by atoms with Crippen molar-refractivity contribution in [2.45, 2.75) is 216 Å². The highest BCUT2D eigenvalue weighted by atomic mass is 32.2. The number of hydrogen-bond donors (Lipinski definition) is 2. The third kappa shape index (κ3) is 23.5. The van der Waals surface area contributed by atoms with Crippen LogP contribution in [0.15, 0.2) is 212 Å². The van der Waals surface area contributed by atoms with Crippen molar-refractivity contribution < 1.29 is 114 Å². The fourth-order valence-electron chi connectivity index (χ4n) is 23.1. The first kappa shape index (κ1) is 110. The van der Waals surface area contributed by atoms with Crippen LogP contribution in [0.3, 0.4) is 0 Å². The number of carbonyl (C=O) groups is 3. The third-order valence-electron chi connectivity index (χ3n) is 30.3. The number of amides is 3. The van der Waals surface area contributed by atoms with E-state index in [9.17, 15) is 105 Å². The van der Waals surface area contributed by atoms with Gasteiger partial charge in [-0.1, -0.05) is 99.5 Å². The van der Waals surface area contributed by atoms with Gasteiger partial charge in [0.1, 0.15) is 33.3 Å². The van der Waals surface area contributed by atoms with Crippen molar-refractivity contribution in [3.63, 3.8) is 0 Å². The summed E-state index contributed by atoms with van der Waals surface area (Å²) in [5.41, 5.74) is 25.6. The molecule has 0 fully saturated rings. The van der Waals surface area contributed by atoms with E-state index in [0.29, 0.717) is 79.8 Å². The van der Waals surface area contributed by atoms with Gasteiger partial charge in [0.05, 0.1) is 71.2 Å². The number of nitrogens with one attached hydrogen (secondary N) is 2. The maximum Gasteiger partial charge on any atom is 0.253 e. The Hall–Kier alpha value is -10.6. The smallest absolute Gasteiger partial charge is 0.253 e. The Labute approximate surface area is 858 Å². The molecule has 146 heavy (non-hydrogen) atoms. The molecule has 0 radical (unpaired) electrons. The number of benzene rings is 6. The van der Waals surface area contributed by atoms with E-state index in [4.69, 9.17) is 0 Å². The lowest BCUT2D eigenvalue weighted by molar-refractivity contribution is -0.438. The minimum absolute atomic E-state index is 0.0413. The van der Waals surface area contributed by atoms with Crippen LogP contribution < -0.4 is 20.4 Å². The fraction of sp³-hybridized carbons (Fsp3) is 0.435. The first-order valence-electron chi connectivity index (χ1n) is 49.4. The Balaban J connectivity index is 0.000000222. The van der Waals surface area contributed by atoms with Crippen molar-refractivity contribution in [1.29, 1.82) is 0 Å². The summed E-state index contributed by atoms with van der Waals surface area (Å²) < 4.78 is 251. The molecule has 2 unspecified atom stereocenters. The highest BCUT2D eigenvalue weighted by molar-refractivity contribution is 7.87. The number of carbonyl (C=O) groups excluding carboxylic acids is 3. The van der Waals surface area contributed by atoms with Crippen LogP contribution in [-0.4, -0.2) is 216 Å². The summed E-state index contributed by atoms with van der Waals surface area (Å²) in [6.07, 6.45) is 25.4. The van der Waals surface area contributed by atoms with Crippen LogP contribution in [0.2, 0.25) is 0 Å². The molecule has 3 amide bonds. The van der Waals surface area contributed by atoms with Gasteiger partial charge >= 0.3 is 0 Å². The minimum atomic E-state index is -4.83. The highest BCUT2D eigenvalue weighted by Gasteiger charge is 2.50. The van der Waals surface area contributed by atoms with Gasteiger partial charge in [-0.15, -0.1) is 0 Å². The van der Waals surface area contributed by atoms with Crippen LogP contribution in [0, 0.1) is 25.7 Å². The van der Waals surface area contributed by atoms with E-state index in [-0.39, 0.29) is 97.7 Å². The zero-order valence-corrected chi connectivity index (χ0v) is 89.8. The quantitative estimate of drug-likeness (QED) is 0.0208. The maximum atomic E-state index is 14.6. The van der Waals surface area contributed by atoms with Gasteiger partial charge in [-0.05, 0) is 312 Å². The number of allylic oxidation sites excluding steroid dienone is 20. The van der Waals surface area contributed by atoms with Crippen LogP contribution in [0.5, 0.6) is 0 Å². The number of rotatable bonds is 37. The number of hydrogen-bond acceptors (Lipinski definition) is 26. The molecule has 0 spiro atoms. The molecular weight excluding hydrogens is 2000 g/mol. The standard InChI is InChI=1S/C57H70N4O14S4.C51H59N3O10S3/c1-37-12-22-47-45(34-37)56(2,3)49(60(47)28-7-9-31-76(64,65)66)24-18-38-13-15-40-16-14-39(19-25-50-57(4,5)46-36-42(79(73,74)75)20-23-48(46)61(50)29-8-10-32-77(67,68)69)53-44-35-41(17-21-43(44)52(38)54(40)53)55(63)59(30-26-51(62)58-6)27-11-33-78(70,71)72;1-32-11-21-42-40(29-32)50(2,3)44(53(42)25-7-9-27-65(56,57)58)23-17-33-12-14-35-15-13-34(47-39-30-36(49(55)52-6)16-20-38(39)46(33)48(35)47)18-24-45-51(4,5)41-31-37(67(62,63)64)19-22-43(41)54(45)26-8-10-28-66(59,60)61/h12,17-25,34-36,40H,7-11,13-16,26-33H2,1-6H3,(H4-,58,62,64,65,66,67,68,69,70,71,72,73,74,75);11,16-24,29-31,35H,7-10,12-15,25-28H2,1-6H3,(H3-,52,55,56,57,58,59,60,61,62,63,64)/p-5. The molecule has 10 aliphatic rings. The average molecular weight is 2130 g/mol. The molecule has 6 aromatic rings. The Morgan fingerprint density at radius 1 is 0.397 bits per heavy atom. The van der Waals surface area contributed by atoms with Crippen molar-refractivity contribution in [3.8, 4) is 0 Å². The van der Waals surface area contributed by atoms with E-state index in [1.165, 1.54) is 52.9 Å². The lowest BCUT2D eigenvalue weighted by Crippen LogP contribution is -2.36. The monoisotopic (exact) mass is 2130 g/mol. The third-order valence-corrected chi connectivity index (χ3v) is 36.0. The second kappa shape index (κ2) is 42.1. The first-order valence-corrected chi connectivity index (χ1v) is 60.1. The topological polar surface area (TPSA) is 491 Å². The molecule has 31 nitrogen and oxygen atoms in total. The number of nitrogens with zero attached hydrogens (tertiary/aromatic N) is 5. The molecule has 0 saturated heterocycles. The number of unbranched alkanes of at least 4 members (excludes halogenated alkanes) is 4. The minimum Gasteiger partial charge on any atom is -0.748 e. The molecule has 38 heteroatoms. The first-order chi connectivity index (χ1) is 68.3. The molecular formula is C108H124N7O24S7-5. The van der Waals surface area contributed by atoms with Gasteiger partial charge in [-0.3, -0.25) is 14.4 Å². The lowest BCUT2D eigenvalue weighted by atomic mass is 9.72. The highest BCUT2D eigenvalue weighted by Crippen LogP contribution is 2.61. The van der Waals surface area contributed by atoms with E-state index in [1.54, 1.807) is 25.2 Å². The summed E-state index contributed by atoms with van der Waals surface area (Å²) in [6, 6.07) is 32.6. The molecule has 0 saturated carbocycles. The van der Waals surface area contributed by atoms with Crippen molar-refractivity contribution in [2.24, 2.45) is 11.8 Å². The zero-order valence-electron chi connectivity index (χ0n) is 84.1. The van der Waals surface area contributed by atoms with Gasteiger partial charge in [0.2, 0.25) is 17.3 Å². The average Bonchev–Trinajstić information content (AvgIpc) is 1.57. The van der Waals surface area contributed by atoms with Gasteiger partial charge in [0.25, 0.3) is 11.8 Å². The van der Waals surface area contributed by atoms with E-state index >= 15 is 0 Å². The summed E-state index contributed by atoms with van der Waals surface area (Å²) in [5, 5.41) is 5.32. The van der Waals surface area contributed by atoms with Gasteiger partial charge < -0.3 is 57.2 Å². The lowest BCUT2D eigenvalue weighted by Gasteiger charge is -2.32. The Morgan fingerprint density at radius 3 is 1.17 bits per heavy atom. The van der Waals surface area contributed by atoms with Crippen LogP contribution in [0.4, 0.5) is 22.7 Å². The Morgan fingerprint density at radius 2 is 0.781 bits per heavy atom. The van der Waals surface area contributed by atoms with Gasteiger partial charge in [-0.2, -0.15) is 9.15 Å². The van der Waals surface area contributed by atoms with Crippen LogP contribution in [0.1, 0.15) is 247 Å². The van der Waals surface area contributed by atoms with Gasteiger partial charge in [0, 0.05) is 168 Å². The van der Waals surface area contributed by atoms with Crippen LogP contribution >= 0.6 is 0 Å². The number of fused-ring (bicyclic) bond motifs is 10. The summed E-state index contributed by atoms with van der Waals surface area (Å²) in [6.45, 7) is 22.1. The molecule has 2 N–H and O–H groups in total. The normalized spacial score (nSPS) is 20.2. The van der Waals surface area contributed by atoms with Crippen molar-refractivity contribution in [3.05, 3.63) is 269 Å². The Bertz CT molecular complexity index is 7700. The molecule has 4 heterocycles. The summed E-state index contributed by atoms with van der Waals surface area (Å²) in [4.78, 5) is 45.4. The van der Waals surface area contributed by atoms with Crippen LogP contribution in [-0.2, 0) is 97.3 Å². The Kier molecular flexibility index (Phi) is 31.6. The number of anilines is 2. The predicted octanol–water partition coefficient (Wildman–Crippen LogP) is 14.9.